The summed E-state index contributed by atoms with van der Waals surface area (Å²) in [6, 6.07) is 10.9. The van der Waals surface area contributed by atoms with E-state index in [1.165, 1.54) is 19.6 Å². The summed E-state index contributed by atoms with van der Waals surface area (Å²) >= 11 is 0. The third-order valence-corrected chi connectivity index (χ3v) is 3.92. The predicted octanol–water partition coefficient (Wildman–Crippen LogP) is 2.77. The maximum Gasteiger partial charge on any atom is 0.228 e. The molecule has 0 bridgehead atoms. The molecule has 1 heterocycles. The van der Waals surface area contributed by atoms with Gasteiger partial charge in [-0.15, -0.1) is 0 Å². The van der Waals surface area contributed by atoms with Crippen molar-refractivity contribution in [3.63, 3.8) is 0 Å². The van der Waals surface area contributed by atoms with Crippen LogP contribution in [0.5, 0.6) is 11.5 Å². The van der Waals surface area contributed by atoms with Gasteiger partial charge in [0.15, 0.2) is 0 Å². The molecule has 0 spiro atoms. The van der Waals surface area contributed by atoms with Gasteiger partial charge >= 0.3 is 0 Å². The number of methoxy groups -OCH3 is 1. The summed E-state index contributed by atoms with van der Waals surface area (Å²) in [7, 11) is 1.53. The monoisotopic (exact) mass is 340 g/mol. The van der Waals surface area contributed by atoms with E-state index < -0.39 is 0 Å². The molecule has 6 heteroatoms. The first kappa shape index (κ1) is 16.8. The lowest BCUT2D eigenvalue weighted by molar-refractivity contribution is -0.116. The lowest BCUT2D eigenvalue weighted by atomic mass is 10.1. The van der Waals surface area contributed by atoms with Crippen molar-refractivity contribution < 1.29 is 19.1 Å². The molecule has 3 rings (SSSR count). The van der Waals surface area contributed by atoms with E-state index in [4.69, 9.17) is 9.47 Å². The second-order valence-electron chi connectivity index (χ2n) is 5.86. The van der Waals surface area contributed by atoms with Gasteiger partial charge in [-0.1, -0.05) is 12.1 Å². The molecule has 0 atom stereocenters. The Kier molecular flexibility index (Phi) is 4.88. The molecular weight excluding hydrogens is 320 g/mol. The number of hydrogen-bond acceptors (Lipinski definition) is 4. The van der Waals surface area contributed by atoms with Crippen LogP contribution in [-0.4, -0.2) is 25.5 Å². The molecular formula is C19H20N2O4. The van der Waals surface area contributed by atoms with Crippen molar-refractivity contribution >= 4 is 23.2 Å². The Morgan fingerprint density at radius 1 is 1.16 bits per heavy atom. The van der Waals surface area contributed by atoms with E-state index >= 15 is 0 Å². The van der Waals surface area contributed by atoms with Crippen molar-refractivity contribution in [2.24, 2.45) is 0 Å². The average Bonchev–Trinajstić information content (AvgIpc) is 3.02. The third kappa shape index (κ3) is 4.09. The number of benzene rings is 2. The first-order chi connectivity index (χ1) is 12.0. The molecule has 0 aliphatic carbocycles. The number of ether oxygens (including phenoxy) is 2. The number of amides is 2. The summed E-state index contributed by atoms with van der Waals surface area (Å²) < 4.78 is 10.8. The molecule has 1 aliphatic rings. The number of anilines is 2. The van der Waals surface area contributed by atoms with E-state index in [0.29, 0.717) is 23.7 Å². The van der Waals surface area contributed by atoms with Crippen LogP contribution in [-0.2, 0) is 22.4 Å². The van der Waals surface area contributed by atoms with Crippen molar-refractivity contribution in [1.82, 2.24) is 0 Å². The fourth-order valence-electron chi connectivity index (χ4n) is 2.79. The topological polar surface area (TPSA) is 76.7 Å². The van der Waals surface area contributed by atoms with Gasteiger partial charge in [-0.25, -0.2) is 0 Å². The molecule has 0 saturated heterocycles. The van der Waals surface area contributed by atoms with E-state index in [0.717, 1.165) is 17.7 Å². The van der Waals surface area contributed by atoms with Crippen LogP contribution in [0.15, 0.2) is 36.4 Å². The normalized spacial score (nSPS) is 12.1. The van der Waals surface area contributed by atoms with E-state index in [2.05, 4.69) is 10.6 Å². The standard InChI is InChI=1S/C19H20N2O4/c1-12(22)20-15-5-6-17(24-2)16(11-15)21-19(23)10-13-3-4-14-7-8-25-18(14)9-13/h3-6,9,11H,7-8,10H2,1-2H3,(H,20,22)(H,21,23). The summed E-state index contributed by atoms with van der Waals surface area (Å²) in [5, 5.41) is 5.52. The molecule has 1 aliphatic heterocycles. The molecule has 0 unspecified atom stereocenters. The molecule has 2 N–H and O–H groups in total. The van der Waals surface area contributed by atoms with Gasteiger partial charge in [-0.2, -0.15) is 0 Å². The lowest BCUT2D eigenvalue weighted by Gasteiger charge is -2.12. The molecule has 0 fully saturated rings. The third-order valence-electron chi connectivity index (χ3n) is 3.92. The maximum absolute atomic E-state index is 12.4. The van der Waals surface area contributed by atoms with Gasteiger partial charge in [0.05, 0.1) is 25.8 Å². The average molecular weight is 340 g/mol. The number of carbonyl (C=O) groups is 2. The molecule has 2 aromatic carbocycles. The minimum atomic E-state index is -0.180. The van der Waals surface area contributed by atoms with E-state index in [9.17, 15) is 9.59 Å². The van der Waals surface area contributed by atoms with E-state index in [1.807, 2.05) is 18.2 Å². The number of rotatable bonds is 5. The van der Waals surface area contributed by atoms with Gasteiger partial charge < -0.3 is 20.1 Å². The highest BCUT2D eigenvalue weighted by atomic mass is 16.5. The van der Waals surface area contributed by atoms with Crippen molar-refractivity contribution in [2.75, 3.05) is 24.4 Å². The number of hydrogen-bond donors (Lipinski definition) is 2. The van der Waals surface area contributed by atoms with Crippen LogP contribution in [0.25, 0.3) is 0 Å². The first-order valence-corrected chi connectivity index (χ1v) is 8.05. The zero-order valence-corrected chi connectivity index (χ0v) is 14.2. The van der Waals surface area contributed by atoms with Crippen molar-refractivity contribution in [3.8, 4) is 11.5 Å². The van der Waals surface area contributed by atoms with Crippen molar-refractivity contribution in [3.05, 3.63) is 47.5 Å². The van der Waals surface area contributed by atoms with Crippen LogP contribution >= 0.6 is 0 Å². The highest BCUT2D eigenvalue weighted by molar-refractivity contribution is 5.95. The molecule has 2 aromatic rings. The fourth-order valence-corrected chi connectivity index (χ4v) is 2.79. The predicted molar refractivity (Wildman–Crippen MR) is 95.3 cm³/mol. The van der Waals surface area contributed by atoms with Crippen LogP contribution in [0.4, 0.5) is 11.4 Å². The SMILES string of the molecule is COc1ccc(NC(C)=O)cc1NC(=O)Cc1ccc2c(c1)OCC2. The van der Waals surface area contributed by atoms with Gasteiger partial charge in [0, 0.05) is 19.0 Å². The molecule has 25 heavy (non-hydrogen) atoms. The van der Waals surface area contributed by atoms with Crippen molar-refractivity contribution in [1.29, 1.82) is 0 Å². The highest BCUT2D eigenvalue weighted by Crippen LogP contribution is 2.29. The molecule has 0 saturated carbocycles. The van der Waals surface area contributed by atoms with Crippen LogP contribution < -0.4 is 20.1 Å². The Morgan fingerprint density at radius 2 is 2.00 bits per heavy atom. The van der Waals surface area contributed by atoms with E-state index in [1.54, 1.807) is 18.2 Å². The second-order valence-corrected chi connectivity index (χ2v) is 5.86. The van der Waals surface area contributed by atoms with Gasteiger partial charge in [-0.05, 0) is 35.4 Å². The highest BCUT2D eigenvalue weighted by Gasteiger charge is 2.14. The van der Waals surface area contributed by atoms with E-state index in [-0.39, 0.29) is 18.2 Å². The van der Waals surface area contributed by atoms with Gasteiger partial charge in [0.25, 0.3) is 0 Å². The van der Waals surface area contributed by atoms with Gasteiger partial charge in [0.1, 0.15) is 11.5 Å². The molecule has 0 aromatic heterocycles. The summed E-state index contributed by atoms with van der Waals surface area (Å²) in [6.45, 7) is 2.12. The molecule has 130 valence electrons. The fraction of sp³-hybridized carbons (Fsp3) is 0.263. The summed E-state index contributed by atoms with van der Waals surface area (Å²) in [6.07, 6.45) is 1.14. The second kappa shape index (κ2) is 7.25. The Balaban J connectivity index is 1.72. The number of fused-ring (bicyclic) bond motifs is 1. The molecule has 0 radical (unpaired) electrons. The van der Waals surface area contributed by atoms with Crippen molar-refractivity contribution in [2.45, 2.75) is 19.8 Å². The number of nitrogens with one attached hydrogen (secondary N) is 2. The lowest BCUT2D eigenvalue weighted by Crippen LogP contribution is -2.15. The smallest absolute Gasteiger partial charge is 0.228 e. The summed E-state index contributed by atoms with van der Waals surface area (Å²) in [5.74, 6) is 1.03. The molecule has 6 nitrogen and oxygen atoms in total. The Hall–Kier alpha value is -3.02. The van der Waals surface area contributed by atoms with Gasteiger partial charge in [-0.3, -0.25) is 9.59 Å². The number of carbonyl (C=O) groups excluding carboxylic acids is 2. The Bertz CT molecular complexity index is 817. The molecule has 2 amide bonds. The minimum absolute atomic E-state index is 0.170. The maximum atomic E-state index is 12.4. The zero-order chi connectivity index (χ0) is 17.8. The Labute approximate surface area is 146 Å². The van der Waals surface area contributed by atoms with Crippen LogP contribution in [0, 0.1) is 0 Å². The van der Waals surface area contributed by atoms with Crippen LogP contribution in [0.1, 0.15) is 18.1 Å². The van der Waals surface area contributed by atoms with Crippen LogP contribution in [0.2, 0.25) is 0 Å². The first-order valence-electron chi connectivity index (χ1n) is 8.05. The summed E-state index contributed by atoms with van der Waals surface area (Å²) in [4.78, 5) is 23.6. The quantitative estimate of drug-likeness (QED) is 0.877. The largest absolute Gasteiger partial charge is 0.495 e. The zero-order valence-electron chi connectivity index (χ0n) is 14.2. The minimum Gasteiger partial charge on any atom is -0.495 e. The summed E-state index contributed by atoms with van der Waals surface area (Å²) in [5.41, 5.74) is 3.16. The Morgan fingerprint density at radius 3 is 2.76 bits per heavy atom. The van der Waals surface area contributed by atoms with Crippen LogP contribution in [0.3, 0.4) is 0 Å². The van der Waals surface area contributed by atoms with Gasteiger partial charge in [0.2, 0.25) is 11.8 Å².